The zero-order chi connectivity index (χ0) is 9.97. The molecule has 2 saturated heterocycles. The van der Waals surface area contributed by atoms with E-state index in [1.807, 2.05) is 0 Å². The van der Waals surface area contributed by atoms with E-state index < -0.39 is 6.17 Å². The van der Waals surface area contributed by atoms with E-state index in [1.165, 1.54) is 12.8 Å². The Kier molecular flexibility index (Phi) is 3.36. The highest BCUT2D eigenvalue weighted by Gasteiger charge is 2.32. The topological polar surface area (TPSA) is 41.3 Å². The average molecular weight is 201 g/mol. The molecule has 14 heavy (non-hydrogen) atoms. The van der Waals surface area contributed by atoms with Gasteiger partial charge in [0.15, 0.2) is 0 Å². The molecule has 82 valence electrons. The lowest BCUT2D eigenvalue weighted by molar-refractivity contribution is 0.226. The number of hydrogen-bond acceptors (Lipinski definition) is 3. The number of nitrogens with zero attached hydrogens (tertiary/aromatic N) is 1. The summed E-state index contributed by atoms with van der Waals surface area (Å²) >= 11 is 0. The van der Waals surface area contributed by atoms with Gasteiger partial charge in [-0.1, -0.05) is 0 Å². The summed E-state index contributed by atoms with van der Waals surface area (Å²) in [5.41, 5.74) is 5.63. The van der Waals surface area contributed by atoms with Crippen LogP contribution in [-0.4, -0.2) is 49.3 Å². The second kappa shape index (κ2) is 4.55. The van der Waals surface area contributed by atoms with Crippen LogP contribution in [0.2, 0.25) is 0 Å². The normalized spacial score (nSPS) is 39.4. The minimum absolute atomic E-state index is 0.271. The SMILES string of the molecule is NC[C@@H]1C[C@H](F)CN1C[C@@H]1CCCN1. The van der Waals surface area contributed by atoms with E-state index in [0.29, 0.717) is 25.6 Å². The molecule has 0 aromatic rings. The Morgan fingerprint density at radius 1 is 1.50 bits per heavy atom. The van der Waals surface area contributed by atoms with Gasteiger partial charge in [0, 0.05) is 31.7 Å². The molecule has 2 heterocycles. The van der Waals surface area contributed by atoms with Crippen LogP contribution in [0.3, 0.4) is 0 Å². The Labute approximate surface area is 84.8 Å². The molecule has 0 spiro atoms. The Balaban J connectivity index is 1.83. The summed E-state index contributed by atoms with van der Waals surface area (Å²) in [6, 6.07) is 0.835. The molecule has 4 heteroatoms. The fraction of sp³-hybridized carbons (Fsp3) is 1.00. The van der Waals surface area contributed by atoms with Gasteiger partial charge in [-0.3, -0.25) is 4.90 Å². The number of nitrogens with two attached hydrogens (primary N) is 1. The maximum absolute atomic E-state index is 13.2. The van der Waals surface area contributed by atoms with Crippen molar-refractivity contribution < 1.29 is 4.39 Å². The van der Waals surface area contributed by atoms with E-state index in [9.17, 15) is 4.39 Å². The Morgan fingerprint density at radius 3 is 3.00 bits per heavy atom. The maximum atomic E-state index is 13.2. The van der Waals surface area contributed by atoms with Crippen LogP contribution >= 0.6 is 0 Å². The molecule has 0 aromatic heterocycles. The summed E-state index contributed by atoms with van der Waals surface area (Å²) in [5.74, 6) is 0. The van der Waals surface area contributed by atoms with Crippen molar-refractivity contribution in [3.8, 4) is 0 Å². The average Bonchev–Trinajstić information content (AvgIpc) is 2.76. The van der Waals surface area contributed by atoms with Crippen molar-refractivity contribution in [2.45, 2.75) is 37.5 Å². The highest BCUT2D eigenvalue weighted by molar-refractivity contribution is 4.89. The van der Waals surface area contributed by atoms with Crippen molar-refractivity contribution in [2.24, 2.45) is 5.73 Å². The molecule has 0 bridgehead atoms. The van der Waals surface area contributed by atoms with Crippen LogP contribution in [-0.2, 0) is 0 Å². The molecule has 3 N–H and O–H groups in total. The molecule has 3 nitrogen and oxygen atoms in total. The molecule has 0 aromatic carbocycles. The molecule has 2 aliphatic heterocycles. The fourth-order valence-corrected chi connectivity index (χ4v) is 2.59. The van der Waals surface area contributed by atoms with Gasteiger partial charge in [-0.2, -0.15) is 0 Å². The van der Waals surface area contributed by atoms with Crippen LogP contribution in [0.25, 0.3) is 0 Å². The van der Waals surface area contributed by atoms with Gasteiger partial charge in [0.25, 0.3) is 0 Å². The molecule has 0 radical (unpaired) electrons. The molecular weight excluding hydrogens is 181 g/mol. The van der Waals surface area contributed by atoms with Crippen LogP contribution in [0, 0.1) is 0 Å². The maximum Gasteiger partial charge on any atom is 0.114 e. The van der Waals surface area contributed by atoms with Crippen LogP contribution in [0.1, 0.15) is 19.3 Å². The Hall–Kier alpha value is -0.190. The van der Waals surface area contributed by atoms with E-state index in [2.05, 4.69) is 10.2 Å². The number of halogens is 1. The van der Waals surface area contributed by atoms with E-state index >= 15 is 0 Å². The number of nitrogens with one attached hydrogen (secondary N) is 1. The lowest BCUT2D eigenvalue weighted by Gasteiger charge is -2.25. The Morgan fingerprint density at radius 2 is 2.36 bits per heavy atom. The lowest BCUT2D eigenvalue weighted by Crippen LogP contribution is -2.43. The quantitative estimate of drug-likeness (QED) is 0.681. The number of rotatable bonds is 3. The van der Waals surface area contributed by atoms with Gasteiger partial charge < -0.3 is 11.1 Å². The molecular formula is C10H20FN3. The first-order chi connectivity index (χ1) is 6.79. The summed E-state index contributed by atoms with van der Waals surface area (Å²) in [6.45, 7) is 3.26. The van der Waals surface area contributed by atoms with Crippen LogP contribution in [0.15, 0.2) is 0 Å². The second-order valence-corrected chi connectivity index (χ2v) is 4.47. The van der Waals surface area contributed by atoms with E-state index in [0.717, 1.165) is 13.1 Å². The van der Waals surface area contributed by atoms with Crippen molar-refractivity contribution in [3.63, 3.8) is 0 Å². The van der Waals surface area contributed by atoms with Gasteiger partial charge in [-0.25, -0.2) is 4.39 Å². The first-order valence-electron chi connectivity index (χ1n) is 5.61. The summed E-state index contributed by atoms with van der Waals surface area (Å²) < 4.78 is 13.2. The van der Waals surface area contributed by atoms with Crippen molar-refractivity contribution >= 4 is 0 Å². The lowest BCUT2D eigenvalue weighted by atomic mass is 10.2. The standard InChI is InChI=1S/C10H20FN3/c11-8-4-10(5-12)14(6-8)7-9-2-1-3-13-9/h8-10,13H,1-7,12H2/t8-,9-,10-/m0/s1. The van der Waals surface area contributed by atoms with Crippen molar-refractivity contribution in [1.82, 2.24) is 10.2 Å². The third-order valence-electron chi connectivity index (χ3n) is 3.37. The first-order valence-corrected chi connectivity index (χ1v) is 5.61. The Bertz CT molecular complexity index is 182. The third-order valence-corrected chi connectivity index (χ3v) is 3.37. The molecule has 2 rings (SSSR count). The number of likely N-dealkylation sites (tertiary alicyclic amines) is 1. The smallest absolute Gasteiger partial charge is 0.114 e. The van der Waals surface area contributed by atoms with Gasteiger partial charge >= 0.3 is 0 Å². The zero-order valence-electron chi connectivity index (χ0n) is 8.58. The molecule has 0 amide bonds. The fourth-order valence-electron chi connectivity index (χ4n) is 2.59. The molecule has 3 atom stereocenters. The summed E-state index contributed by atoms with van der Waals surface area (Å²) in [7, 11) is 0. The van der Waals surface area contributed by atoms with E-state index in [-0.39, 0.29) is 6.04 Å². The predicted molar refractivity (Wildman–Crippen MR) is 55.0 cm³/mol. The molecule has 0 unspecified atom stereocenters. The summed E-state index contributed by atoms with van der Waals surface area (Å²) in [6.07, 6.45) is 2.45. The summed E-state index contributed by atoms with van der Waals surface area (Å²) in [4.78, 5) is 2.22. The molecule has 2 aliphatic rings. The monoisotopic (exact) mass is 201 g/mol. The molecule has 2 fully saturated rings. The van der Waals surface area contributed by atoms with Crippen LogP contribution < -0.4 is 11.1 Å². The number of hydrogen-bond donors (Lipinski definition) is 2. The third kappa shape index (κ3) is 2.24. The minimum Gasteiger partial charge on any atom is -0.329 e. The van der Waals surface area contributed by atoms with Crippen LogP contribution in [0.4, 0.5) is 4.39 Å². The van der Waals surface area contributed by atoms with Crippen LogP contribution in [0.5, 0.6) is 0 Å². The molecule has 0 saturated carbocycles. The van der Waals surface area contributed by atoms with Crippen molar-refractivity contribution in [2.75, 3.05) is 26.2 Å². The highest BCUT2D eigenvalue weighted by Crippen LogP contribution is 2.21. The van der Waals surface area contributed by atoms with Crippen molar-refractivity contribution in [1.29, 1.82) is 0 Å². The highest BCUT2D eigenvalue weighted by atomic mass is 19.1. The van der Waals surface area contributed by atoms with E-state index in [4.69, 9.17) is 5.73 Å². The minimum atomic E-state index is -0.662. The van der Waals surface area contributed by atoms with Gasteiger partial charge in [-0.15, -0.1) is 0 Å². The number of alkyl halides is 1. The van der Waals surface area contributed by atoms with Gasteiger partial charge in [0.05, 0.1) is 0 Å². The summed E-state index contributed by atoms with van der Waals surface area (Å²) in [5, 5.41) is 3.44. The van der Waals surface area contributed by atoms with E-state index in [1.54, 1.807) is 0 Å². The first kappa shape index (κ1) is 10.3. The van der Waals surface area contributed by atoms with Gasteiger partial charge in [0.2, 0.25) is 0 Å². The van der Waals surface area contributed by atoms with Crippen molar-refractivity contribution in [3.05, 3.63) is 0 Å². The largest absolute Gasteiger partial charge is 0.329 e. The molecule has 0 aliphatic carbocycles. The zero-order valence-corrected chi connectivity index (χ0v) is 8.58. The predicted octanol–water partition coefficient (Wildman–Crippen LogP) is 0.109. The second-order valence-electron chi connectivity index (χ2n) is 4.47. The van der Waals surface area contributed by atoms with Gasteiger partial charge in [-0.05, 0) is 25.8 Å². The van der Waals surface area contributed by atoms with Gasteiger partial charge in [0.1, 0.15) is 6.17 Å².